The Morgan fingerprint density at radius 1 is 0.970 bits per heavy atom. The smallest absolute Gasteiger partial charge is 0.421 e. The van der Waals surface area contributed by atoms with Gasteiger partial charge in [-0.2, -0.15) is 0 Å². The van der Waals surface area contributed by atoms with Crippen LogP contribution < -0.4 is 10.5 Å². The molecule has 0 spiro atoms. The standard InChI is InChI=1S/C27H26N2O4/c1-32-23-10-7-21(8-11-23)26(30)22-9-12-24-25(17-22)33-27(31)29(24)18-28-15-13-20(14-16-28)19-5-3-2-4-6-19/h2-12,17,20H,13-16,18H2,1H3. The summed E-state index contributed by atoms with van der Waals surface area (Å²) in [6.07, 6.45) is 2.13. The topological polar surface area (TPSA) is 64.7 Å². The Morgan fingerprint density at radius 2 is 1.67 bits per heavy atom. The van der Waals surface area contributed by atoms with Gasteiger partial charge < -0.3 is 9.15 Å². The Kier molecular flexibility index (Phi) is 5.84. The van der Waals surface area contributed by atoms with Gasteiger partial charge in [-0.05, 0) is 66.8 Å². The van der Waals surface area contributed by atoms with Crippen LogP contribution in [0.15, 0.2) is 82.0 Å². The number of likely N-dealkylation sites (tertiary alicyclic amines) is 1. The summed E-state index contributed by atoms with van der Waals surface area (Å²) in [5.74, 6) is 0.729. The number of hydrogen-bond donors (Lipinski definition) is 0. The van der Waals surface area contributed by atoms with Crippen molar-refractivity contribution < 1.29 is 13.9 Å². The molecule has 3 aromatic carbocycles. The van der Waals surface area contributed by atoms with Crippen LogP contribution in [0.5, 0.6) is 5.75 Å². The van der Waals surface area contributed by atoms with Crippen LogP contribution in [-0.4, -0.2) is 35.4 Å². The first kappa shape index (κ1) is 21.2. The molecular formula is C27H26N2O4. The first-order valence-electron chi connectivity index (χ1n) is 11.2. The molecular weight excluding hydrogens is 416 g/mol. The number of benzene rings is 3. The Hall–Kier alpha value is -3.64. The third-order valence-electron chi connectivity index (χ3n) is 6.48. The monoisotopic (exact) mass is 442 g/mol. The van der Waals surface area contributed by atoms with Crippen LogP contribution in [0.4, 0.5) is 0 Å². The van der Waals surface area contributed by atoms with Gasteiger partial charge in [-0.1, -0.05) is 30.3 Å². The van der Waals surface area contributed by atoms with E-state index in [0.717, 1.165) is 25.9 Å². The molecule has 1 aromatic heterocycles. The second-order valence-corrected chi connectivity index (χ2v) is 8.48. The molecule has 0 bridgehead atoms. The predicted molar refractivity (Wildman–Crippen MR) is 127 cm³/mol. The van der Waals surface area contributed by atoms with Crippen LogP contribution in [0.3, 0.4) is 0 Å². The van der Waals surface area contributed by atoms with E-state index >= 15 is 0 Å². The van der Waals surface area contributed by atoms with Gasteiger partial charge in [0.25, 0.3) is 0 Å². The zero-order chi connectivity index (χ0) is 22.8. The van der Waals surface area contributed by atoms with Crippen LogP contribution >= 0.6 is 0 Å². The van der Waals surface area contributed by atoms with Gasteiger partial charge in [0, 0.05) is 24.2 Å². The van der Waals surface area contributed by atoms with Gasteiger partial charge in [-0.3, -0.25) is 14.3 Å². The highest BCUT2D eigenvalue weighted by Gasteiger charge is 2.22. The summed E-state index contributed by atoms with van der Waals surface area (Å²) in [6.45, 7) is 2.33. The lowest BCUT2D eigenvalue weighted by atomic mass is 9.90. The van der Waals surface area contributed by atoms with E-state index < -0.39 is 5.76 Å². The van der Waals surface area contributed by atoms with Gasteiger partial charge in [0.2, 0.25) is 0 Å². The highest BCUT2D eigenvalue weighted by Crippen LogP contribution is 2.28. The molecule has 1 aliphatic heterocycles. The molecule has 0 N–H and O–H groups in total. The maximum Gasteiger partial charge on any atom is 0.421 e. The minimum atomic E-state index is -0.399. The molecule has 6 heteroatoms. The molecule has 4 aromatic rings. The van der Waals surface area contributed by atoms with E-state index in [-0.39, 0.29) is 5.78 Å². The third-order valence-corrected chi connectivity index (χ3v) is 6.48. The average molecular weight is 443 g/mol. The van der Waals surface area contributed by atoms with Crippen LogP contribution in [0.2, 0.25) is 0 Å². The number of hydrogen-bond acceptors (Lipinski definition) is 5. The third kappa shape index (κ3) is 4.34. The number of carbonyl (C=O) groups excluding carboxylic acids is 1. The number of aromatic nitrogens is 1. The van der Waals surface area contributed by atoms with Crippen LogP contribution in [0.25, 0.3) is 11.1 Å². The van der Waals surface area contributed by atoms with Crippen molar-refractivity contribution >= 4 is 16.9 Å². The summed E-state index contributed by atoms with van der Waals surface area (Å²) in [7, 11) is 1.59. The van der Waals surface area contributed by atoms with Gasteiger partial charge in [0.1, 0.15) is 5.75 Å². The summed E-state index contributed by atoms with van der Waals surface area (Å²) in [5.41, 5.74) is 3.56. The Balaban J connectivity index is 1.31. The van der Waals surface area contributed by atoms with Gasteiger partial charge in [-0.25, -0.2) is 4.79 Å². The van der Waals surface area contributed by atoms with E-state index in [1.165, 1.54) is 5.56 Å². The normalized spacial score (nSPS) is 15.1. The van der Waals surface area contributed by atoms with Crippen molar-refractivity contribution in [3.8, 4) is 5.75 Å². The lowest BCUT2D eigenvalue weighted by molar-refractivity contribution is 0.103. The molecule has 1 saturated heterocycles. The predicted octanol–water partition coefficient (Wildman–Crippen LogP) is 4.67. The number of methoxy groups -OCH3 is 1. The highest BCUT2D eigenvalue weighted by molar-refractivity contribution is 6.10. The maximum atomic E-state index is 12.9. The fourth-order valence-electron chi connectivity index (χ4n) is 4.58. The molecule has 168 valence electrons. The second-order valence-electron chi connectivity index (χ2n) is 8.48. The molecule has 5 rings (SSSR count). The first-order valence-corrected chi connectivity index (χ1v) is 11.2. The van der Waals surface area contributed by atoms with Gasteiger partial charge in [0.15, 0.2) is 11.4 Å². The van der Waals surface area contributed by atoms with E-state index in [4.69, 9.17) is 9.15 Å². The van der Waals surface area contributed by atoms with E-state index in [9.17, 15) is 9.59 Å². The van der Waals surface area contributed by atoms with Crippen molar-refractivity contribution in [2.75, 3.05) is 20.2 Å². The number of ether oxygens (including phenoxy) is 1. The van der Waals surface area contributed by atoms with Crippen molar-refractivity contribution in [2.45, 2.75) is 25.4 Å². The zero-order valence-corrected chi connectivity index (χ0v) is 18.6. The maximum absolute atomic E-state index is 12.9. The number of ketones is 1. The van der Waals surface area contributed by atoms with E-state index in [0.29, 0.717) is 40.6 Å². The minimum absolute atomic E-state index is 0.127. The van der Waals surface area contributed by atoms with Crippen molar-refractivity contribution in [3.63, 3.8) is 0 Å². The molecule has 6 nitrogen and oxygen atoms in total. The van der Waals surface area contributed by atoms with Crippen molar-refractivity contribution in [1.29, 1.82) is 0 Å². The van der Waals surface area contributed by atoms with Crippen LogP contribution in [-0.2, 0) is 6.67 Å². The Labute approximate surface area is 192 Å². The van der Waals surface area contributed by atoms with Crippen molar-refractivity contribution in [2.24, 2.45) is 0 Å². The van der Waals surface area contributed by atoms with Gasteiger partial charge >= 0.3 is 5.76 Å². The van der Waals surface area contributed by atoms with E-state index in [1.807, 2.05) is 6.07 Å². The fourth-order valence-corrected chi connectivity index (χ4v) is 4.58. The Bertz CT molecular complexity index is 1310. The molecule has 1 fully saturated rings. The lowest BCUT2D eigenvalue weighted by Gasteiger charge is -2.32. The van der Waals surface area contributed by atoms with Gasteiger partial charge in [-0.15, -0.1) is 0 Å². The van der Waals surface area contributed by atoms with E-state index in [2.05, 4.69) is 29.2 Å². The molecule has 0 aliphatic carbocycles. The van der Waals surface area contributed by atoms with Crippen molar-refractivity contribution in [3.05, 3.63) is 100 Å². The Morgan fingerprint density at radius 3 is 2.36 bits per heavy atom. The van der Waals surface area contributed by atoms with E-state index in [1.54, 1.807) is 54.1 Å². The number of rotatable bonds is 6. The summed E-state index contributed by atoms with van der Waals surface area (Å²) < 4.78 is 12.3. The molecule has 0 unspecified atom stereocenters. The molecule has 2 heterocycles. The van der Waals surface area contributed by atoms with Crippen LogP contribution in [0.1, 0.15) is 40.2 Å². The number of piperidine rings is 1. The first-order chi connectivity index (χ1) is 16.1. The molecule has 1 aliphatic rings. The summed E-state index contributed by atoms with van der Waals surface area (Å²) in [6, 6.07) is 22.8. The number of oxazole rings is 1. The van der Waals surface area contributed by atoms with Crippen LogP contribution in [0, 0.1) is 0 Å². The number of nitrogens with zero attached hydrogens (tertiary/aromatic N) is 2. The number of fused-ring (bicyclic) bond motifs is 1. The number of carbonyl (C=O) groups is 1. The summed E-state index contributed by atoms with van der Waals surface area (Å²) >= 11 is 0. The molecule has 0 amide bonds. The SMILES string of the molecule is COc1ccc(C(=O)c2ccc3c(c2)oc(=O)n3CN2CCC(c3ccccc3)CC2)cc1. The minimum Gasteiger partial charge on any atom is -0.497 e. The molecule has 0 saturated carbocycles. The summed E-state index contributed by atoms with van der Waals surface area (Å²) in [5, 5.41) is 0. The molecule has 0 atom stereocenters. The average Bonchev–Trinajstić information content (AvgIpc) is 3.18. The molecule has 0 radical (unpaired) electrons. The van der Waals surface area contributed by atoms with Gasteiger partial charge in [0.05, 0.1) is 19.3 Å². The second kappa shape index (κ2) is 9.08. The fraction of sp³-hybridized carbons (Fsp3) is 0.259. The quantitative estimate of drug-likeness (QED) is 0.406. The zero-order valence-electron chi connectivity index (χ0n) is 18.6. The lowest BCUT2D eigenvalue weighted by Crippen LogP contribution is -2.36. The molecule has 33 heavy (non-hydrogen) atoms. The summed E-state index contributed by atoms with van der Waals surface area (Å²) in [4.78, 5) is 27.7. The largest absolute Gasteiger partial charge is 0.497 e. The van der Waals surface area contributed by atoms with Crippen molar-refractivity contribution in [1.82, 2.24) is 9.47 Å². The highest BCUT2D eigenvalue weighted by atomic mass is 16.5.